The number of nitrogens with zero attached hydrogens (tertiary/aromatic N) is 1. The van der Waals surface area contributed by atoms with Gasteiger partial charge in [-0.25, -0.2) is 4.57 Å². The number of ether oxygens (including phenoxy) is 2. The highest BCUT2D eigenvalue weighted by Crippen LogP contribution is 2.43. The molecule has 2 unspecified atom stereocenters. The summed E-state index contributed by atoms with van der Waals surface area (Å²) in [6.07, 6.45) is 70.1. The van der Waals surface area contributed by atoms with E-state index in [1.54, 1.807) is 0 Å². The lowest BCUT2D eigenvalue weighted by Crippen LogP contribution is -2.37. The monoisotopic (exact) mass is 997 g/mol. The minimum atomic E-state index is -4.39. The largest absolute Gasteiger partial charge is 0.472 e. The Labute approximate surface area is 429 Å². The Morgan fingerprint density at radius 1 is 0.443 bits per heavy atom. The van der Waals surface area contributed by atoms with E-state index in [1.165, 1.54) is 57.8 Å². The number of carbonyl (C=O) groups is 2. The summed E-state index contributed by atoms with van der Waals surface area (Å²) in [5.41, 5.74) is 0. The number of phosphoric acid groups is 1. The zero-order valence-electron chi connectivity index (χ0n) is 45.2. The number of rotatable bonds is 49. The summed E-state index contributed by atoms with van der Waals surface area (Å²) >= 11 is 0. The smallest absolute Gasteiger partial charge is 0.462 e. The van der Waals surface area contributed by atoms with E-state index in [4.69, 9.17) is 18.5 Å². The molecule has 70 heavy (non-hydrogen) atoms. The Balaban J connectivity index is 4.17. The fourth-order valence-corrected chi connectivity index (χ4v) is 7.83. The molecule has 0 bridgehead atoms. The molecule has 0 aliphatic heterocycles. The van der Waals surface area contributed by atoms with Crippen LogP contribution >= 0.6 is 7.82 Å². The molecule has 1 N–H and O–H groups in total. The number of unbranched alkanes of at least 4 members (excludes halogenated alkanes) is 17. The molecule has 0 aliphatic carbocycles. The van der Waals surface area contributed by atoms with E-state index in [9.17, 15) is 19.0 Å². The lowest BCUT2D eigenvalue weighted by Gasteiger charge is -2.24. The van der Waals surface area contributed by atoms with Crippen LogP contribution < -0.4 is 0 Å². The summed E-state index contributed by atoms with van der Waals surface area (Å²) in [7, 11) is 1.45. The summed E-state index contributed by atoms with van der Waals surface area (Å²) < 4.78 is 34.5. The van der Waals surface area contributed by atoms with Gasteiger partial charge in [0.25, 0.3) is 0 Å². The number of hydrogen-bond acceptors (Lipinski definition) is 7. The Bertz CT molecular complexity index is 1550. The van der Waals surface area contributed by atoms with Gasteiger partial charge in [-0.2, -0.15) is 0 Å². The molecule has 0 heterocycles. The van der Waals surface area contributed by atoms with Crippen LogP contribution in [0, 0.1) is 0 Å². The molecule has 0 amide bonds. The highest BCUT2D eigenvalue weighted by atomic mass is 31.2. The fourth-order valence-electron chi connectivity index (χ4n) is 7.09. The molecule has 0 saturated carbocycles. The van der Waals surface area contributed by atoms with Crippen molar-refractivity contribution in [2.45, 2.75) is 213 Å². The maximum absolute atomic E-state index is 12.8. The van der Waals surface area contributed by atoms with E-state index in [0.717, 1.165) is 109 Å². The number of quaternary nitrogens is 1. The standard InChI is InChI=1S/C60H102NO8P/c1-6-8-10-12-14-16-18-20-22-23-24-25-26-27-28-29-30-31-32-33-34-35-36-37-39-41-43-45-47-49-51-53-60(63)69-58(57-68-70(64,65)67-55-54-61(3,4)5)56-66-59(62)52-50-48-46-44-42-40-38-21-19-17-15-13-11-9-7-2/h8-11,14-17,20-22,24-25,27-28,30-31,38,58H,6-7,12-13,18-19,23,26,29,32-37,39-57H2,1-5H3/p+1/b10-8-,11-9-,16-14-,17-15-,22-20-,25-24-,28-27-,31-30-,38-21-. The van der Waals surface area contributed by atoms with Gasteiger partial charge in [0.2, 0.25) is 0 Å². The SMILES string of the molecule is CC/C=C\C/C=C\C/C=C\C/C=C\C/C=C\C/C=C\CCCCCCCCCCCCCCC(=O)OC(COC(=O)CCCCCCC/C=C\C/C=C\C/C=C\CC)COP(=O)(O)OCC[N+](C)(C)C. The van der Waals surface area contributed by atoms with Crippen molar-refractivity contribution >= 4 is 19.8 Å². The number of phosphoric ester groups is 1. The van der Waals surface area contributed by atoms with Crippen LogP contribution in [0.3, 0.4) is 0 Å². The summed E-state index contributed by atoms with van der Waals surface area (Å²) in [5, 5.41) is 0. The average molecular weight is 997 g/mol. The molecule has 400 valence electrons. The molecular weight excluding hydrogens is 894 g/mol. The number of esters is 2. The van der Waals surface area contributed by atoms with Crippen molar-refractivity contribution in [3.05, 3.63) is 109 Å². The van der Waals surface area contributed by atoms with E-state index < -0.39 is 26.5 Å². The molecule has 0 spiro atoms. The minimum Gasteiger partial charge on any atom is -0.462 e. The van der Waals surface area contributed by atoms with Crippen molar-refractivity contribution in [3.8, 4) is 0 Å². The summed E-state index contributed by atoms with van der Waals surface area (Å²) in [6.45, 7) is 4.17. The molecule has 0 rings (SSSR count). The van der Waals surface area contributed by atoms with Crippen molar-refractivity contribution in [3.63, 3.8) is 0 Å². The Morgan fingerprint density at radius 2 is 0.771 bits per heavy atom. The molecule has 0 aromatic heterocycles. The van der Waals surface area contributed by atoms with Crippen LogP contribution in [0.25, 0.3) is 0 Å². The maximum Gasteiger partial charge on any atom is 0.472 e. The van der Waals surface area contributed by atoms with Crippen molar-refractivity contribution in [1.82, 2.24) is 0 Å². The Hall–Kier alpha value is -3.33. The van der Waals surface area contributed by atoms with E-state index >= 15 is 0 Å². The van der Waals surface area contributed by atoms with Gasteiger partial charge in [0, 0.05) is 12.8 Å². The Kier molecular flexibility index (Phi) is 48.2. The zero-order valence-corrected chi connectivity index (χ0v) is 46.1. The second-order valence-corrected chi connectivity index (χ2v) is 20.7. The van der Waals surface area contributed by atoms with Crippen LogP contribution in [0.15, 0.2) is 109 Å². The second kappa shape index (κ2) is 50.6. The van der Waals surface area contributed by atoms with Crippen LogP contribution in [0.2, 0.25) is 0 Å². The van der Waals surface area contributed by atoms with Crippen LogP contribution in [0.5, 0.6) is 0 Å². The van der Waals surface area contributed by atoms with Crippen LogP contribution in [0.4, 0.5) is 0 Å². The van der Waals surface area contributed by atoms with Gasteiger partial charge in [0.05, 0.1) is 27.7 Å². The topological polar surface area (TPSA) is 108 Å². The summed E-state index contributed by atoms with van der Waals surface area (Å²) in [5.74, 6) is -0.826. The van der Waals surface area contributed by atoms with E-state index in [-0.39, 0.29) is 32.0 Å². The molecule has 9 nitrogen and oxygen atoms in total. The molecule has 0 aromatic carbocycles. The fraction of sp³-hybridized carbons (Fsp3) is 0.667. The van der Waals surface area contributed by atoms with Gasteiger partial charge in [0.1, 0.15) is 19.8 Å². The van der Waals surface area contributed by atoms with Crippen molar-refractivity contribution in [2.24, 2.45) is 0 Å². The highest BCUT2D eigenvalue weighted by Gasteiger charge is 2.27. The molecule has 0 aromatic rings. The number of carbonyl (C=O) groups excluding carboxylic acids is 2. The highest BCUT2D eigenvalue weighted by molar-refractivity contribution is 7.47. The third-order valence-corrected chi connectivity index (χ3v) is 12.3. The van der Waals surface area contributed by atoms with Gasteiger partial charge < -0.3 is 18.9 Å². The van der Waals surface area contributed by atoms with E-state index in [1.807, 2.05) is 21.1 Å². The molecule has 0 fully saturated rings. The molecule has 0 radical (unpaired) electrons. The molecule has 0 saturated heterocycles. The molecule has 2 atom stereocenters. The van der Waals surface area contributed by atoms with Crippen LogP contribution in [-0.4, -0.2) is 74.9 Å². The minimum absolute atomic E-state index is 0.0231. The maximum atomic E-state index is 12.8. The predicted molar refractivity (Wildman–Crippen MR) is 298 cm³/mol. The lowest BCUT2D eigenvalue weighted by atomic mass is 10.0. The van der Waals surface area contributed by atoms with Crippen molar-refractivity contribution in [1.29, 1.82) is 0 Å². The Morgan fingerprint density at radius 3 is 1.14 bits per heavy atom. The van der Waals surface area contributed by atoms with Crippen molar-refractivity contribution in [2.75, 3.05) is 47.5 Å². The van der Waals surface area contributed by atoms with Gasteiger partial charge in [-0.15, -0.1) is 0 Å². The van der Waals surface area contributed by atoms with Gasteiger partial charge in [0.15, 0.2) is 6.10 Å². The van der Waals surface area contributed by atoms with Gasteiger partial charge in [-0.1, -0.05) is 207 Å². The van der Waals surface area contributed by atoms with Crippen LogP contribution in [-0.2, 0) is 32.7 Å². The van der Waals surface area contributed by atoms with Gasteiger partial charge in [-0.3, -0.25) is 18.6 Å². The molecule has 10 heteroatoms. The predicted octanol–water partition coefficient (Wildman–Crippen LogP) is 17.0. The number of hydrogen-bond donors (Lipinski definition) is 1. The first kappa shape index (κ1) is 66.7. The molecular formula is C60H103NO8P+. The third kappa shape index (κ3) is 54.0. The van der Waals surface area contributed by atoms with Gasteiger partial charge in [-0.05, 0) is 96.3 Å². The quantitative estimate of drug-likeness (QED) is 0.0211. The zero-order chi connectivity index (χ0) is 51.3. The first-order chi connectivity index (χ1) is 34.0. The number of allylic oxidation sites excluding steroid dienone is 18. The normalized spacial score (nSPS) is 14.2. The van der Waals surface area contributed by atoms with Gasteiger partial charge >= 0.3 is 19.8 Å². The average Bonchev–Trinajstić information content (AvgIpc) is 3.32. The lowest BCUT2D eigenvalue weighted by molar-refractivity contribution is -0.870. The summed E-state index contributed by atoms with van der Waals surface area (Å²) in [6, 6.07) is 0. The van der Waals surface area contributed by atoms with Crippen LogP contribution in [0.1, 0.15) is 206 Å². The molecule has 0 aliphatic rings. The second-order valence-electron chi connectivity index (χ2n) is 19.2. The number of likely N-dealkylation sites (N-methyl/N-ethyl adjacent to an activating group) is 1. The third-order valence-electron chi connectivity index (χ3n) is 11.3. The van der Waals surface area contributed by atoms with E-state index in [0.29, 0.717) is 23.9 Å². The first-order valence-electron chi connectivity index (χ1n) is 27.6. The van der Waals surface area contributed by atoms with Crippen molar-refractivity contribution < 1.29 is 42.1 Å². The first-order valence-corrected chi connectivity index (χ1v) is 29.1. The van der Waals surface area contributed by atoms with E-state index in [2.05, 4.69) is 123 Å². The summed E-state index contributed by atoms with van der Waals surface area (Å²) in [4.78, 5) is 35.6.